The molecule has 4 heteroatoms. The first-order valence-corrected chi connectivity index (χ1v) is 8.99. The lowest BCUT2D eigenvalue weighted by molar-refractivity contribution is 0.0488. The molecule has 0 radical (unpaired) electrons. The maximum absolute atomic E-state index is 5.79. The first-order valence-electron chi connectivity index (χ1n) is 8.99. The smallest absolute Gasteiger partial charge is 0.0702 e. The summed E-state index contributed by atoms with van der Waals surface area (Å²) in [5.74, 6) is 0.764. The summed E-state index contributed by atoms with van der Waals surface area (Å²) >= 11 is 0. The molecule has 3 aliphatic heterocycles. The number of hydrogen-bond donors (Lipinski definition) is 1. The molecule has 4 nitrogen and oxygen atoms in total. The van der Waals surface area contributed by atoms with Gasteiger partial charge in [-0.25, -0.2) is 0 Å². The van der Waals surface area contributed by atoms with Crippen LogP contribution in [0.25, 0.3) is 0 Å². The van der Waals surface area contributed by atoms with E-state index in [1.54, 1.807) is 0 Å². The van der Waals surface area contributed by atoms with Crippen LogP contribution in [0.2, 0.25) is 0 Å². The van der Waals surface area contributed by atoms with Gasteiger partial charge in [0.2, 0.25) is 0 Å². The van der Waals surface area contributed by atoms with E-state index in [-0.39, 0.29) is 0 Å². The summed E-state index contributed by atoms with van der Waals surface area (Å²) in [6, 6.07) is 1.47. The summed E-state index contributed by atoms with van der Waals surface area (Å²) in [5, 5.41) is 3.96. The van der Waals surface area contributed by atoms with Gasteiger partial charge >= 0.3 is 0 Å². The second-order valence-corrected chi connectivity index (χ2v) is 7.51. The van der Waals surface area contributed by atoms with Gasteiger partial charge in [-0.3, -0.25) is 0 Å². The van der Waals surface area contributed by atoms with E-state index in [4.69, 9.17) is 4.74 Å². The van der Waals surface area contributed by atoms with Crippen molar-refractivity contribution < 1.29 is 4.74 Å². The predicted octanol–water partition coefficient (Wildman–Crippen LogP) is 1.56. The Labute approximate surface area is 130 Å². The van der Waals surface area contributed by atoms with Crippen LogP contribution >= 0.6 is 0 Å². The van der Waals surface area contributed by atoms with Gasteiger partial charge in [0.25, 0.3) is 0 Å². The number of nitrogens with one attached hydrogen (secondary N) is 1. The number of piperidine rings is 2. The van der Waals surface area contributed by atoms with Crippen molar-refractivity contribution in [3.63, 3.8) is 0 Å². The lowest BCUT2D eigenvalue weighted by Gasteiger charge is -2.41. The van der Waals surface area contributed by atoms with Gasteiger partial charge in [-0.15, -0.1) is 0 Å². The van der Waals surface area contributed by atoms with Gasteiger partial charge in [-0.05, 0) is 64.7 Å². The van der Waals surface area contributed by atoms with Crippen LogP contribution < -0.4 is 5.32 Å². The molecule has 0 amide bonds. The Hall–Kier alpha value is -0.160. The maximum Gasteiger partial charge on any atom is 0.0702 e. The summed E-state index contributed by atoms with van der Waals surface area (Å²) in [4.78, 5) is 5.08. The molecule has 1 N–H and O–H groups in total. The van der Waals surface area contributed by atoms with Crippen LogP contribution in [0.4, 0.5) is 0 Å². The second-order valence-electron chi connectivity index (χ2n) is 7.51. The van der Waals surface area contributed by atoms with Crippen LogP contribution in [-0.4, -0.2) is 74.4 Å². The zero-order chi connectivity index (χ0) is 14.7. The summed E-state index contributed by atoms with van der Waals surface area (Å²) < 4.78 is 5.79. The lowest BCUT2D eigenvalue weighted by atomic mass is 9.91. The molecule has 0 aliphatic carbocycles. The molecule has 0 aromatic heterocycles. The van der Waals surface area contributed by atoms with Crippen LogP contribution in [0.5, 0.6) is 0 Å². The molecule has 3 aliphatic rings. The number of nitrogens with zero attached hydrogens (tertiary/aromatic N) is 2. The Bertz CT molecular complexity index is 311. The highest BCUT2D eigenvalue weighted by Crippen LogP contribution is 2.22. The monoisotopic (exact) mass is 295 g/mol. The maximum atomic E-state index is 5.79. The van der Waals surface area contributed by atoms with Crippen molar-refractivity contribution in [1.29, 1.82) is 0 Å². The molecule has 122 valence electrons. The van der Waals surface area contributed by atoms with Gasteiger partial charge in [0.05, 0.1) is 6.10 Å². The van der Waals surface area contributed by atoms with Crippen molar-refractivity contribution in [2.75, 3.05) is 46.4 Å². The minimum Gasteiger partial charge on any atom is -0.377 e. The molecule has 0 aromatic carbocycles. The normalized spacial score (nSPS) is 37.1. The number of hydrogen-bond acceptors (Lipinski definition) is 4. The largest absolute Gasteiger partial charge is 0.377 e. The molecular formula is C17H33N3O. The van der Waals surface area contributed by atoms with Gasteiger partial charge in [-0.1, -0.05) is 6.92 Å². The van der Waals surface area contributed by atoms with E-state index in [1.807, 2.05) is 0 Å². The third kappa shape index (κ3) is 4.41. The topological polar surface area (TPSA) is 27.7 Å². The number of likely N-dealkylation sites (tertiary alicyclic amines) is 2. The van der Waals surface area contributed by atoms with E-state index in [0.717, 1.165) is 31.2 Å². The van der Waals surface area contributed by atoms with Crippen molar-refractivity contribution in [1.82, 2.24) is 15.1 Å². The Morgan fingerprint density at radius 1 is 1.10 bits per heavy atom. The number of ether oxygens (including phenoxy) is 1. The van der Waals surface area contributed by atoms with Gasteiger partial charge in [-0.2, -0.15) is 0 Å². The minimum absolute atomic E-state index is 0.510. The lowest BCUT2D eigenvalue weighted by Crippen LogP contribution is -2.53. The molecule has 3 rings (SSSR count). The molecular weight excluding hydrogens is 262 g/mol. The van der Waals surface area contributed by atoms with Gasteiger partial charge in [0, 0.05) is 31.8 Å². The molecule has 0 bridgehead atoms. The molecule has 0 saturated carbocycles. The van der Waals surface area contributed by atoms with E-state index < -0.39 is 0 Å². The van der Waals surface area contributed by atoms with Crippen LogP contribution in [0.3, 0.4) is 0 Å². The van der Waals surface area contributed by atoms with Crippen LogP contribution in [-0.2, 0) is 4.74 Å². The van der Waals surface area contributed by atoms with Gasteiger partial charge < -0.3 is 19.9 Å². The molecule has 3 saturated heterocycles. The first kappa shape index (κ1) is 15.7. The fraction of sp³-hybridized carbons (Fsp3) is 1.00. The number of rotatable bonds is 4. The minimum atomic E-state index is 0.510. The van der Waals surface area contributed by atoms with Crippen molar-refractivity contribution in [2.45, 2.75) is 57.2 Å². The first-order chi connectivity index (χ1) is 10.2. The molecule has 21 heavy (non-hydrogen) atoms. The van der Waals surface area contributed by atoms with Gasteiger partial charge in [0.15, 0.2) is 0 Å². The SMILES string of the molecule is C[C@@H]1CN(C[C@@H]2CCCO2)CC[C@H]1NC1CCN(C)CC1. The quantitative estimate of drug-likeness (QED) is 0.852. The Morgan fingerprint density at radius 3 is 2.57 bits per heavy atom. The summed E-state index contributed by atoms with van der Waals surface area (Å²) in [6.07, 6.45) is 6.98. The van der Waals surface area contributed by atoms with E-state index in [2.05, 4.69) is 29.1 Å². The summed E-state index contributed by atoms with van der Waals surface area (Å²) in [6.45, 7) is 9.56. The zero-order valence-electron chi connectivity index (χ0n) is 13.9. The third-order valence-corrected chi connectivity index (χ3v) is 5.64. The van der Waals surface area contributed by atoms with Crippen LogP contribution in [0.15, 0.2) is 0 Å². The average molecular weight is 295 g/mol. The summed E-state index contributed by atoms with van der Waals surface area (Å²) in [5.41, 5.74) is 0. The van der Waals surface area contributed by atoms with E-state index in [0.29, 0.717) is 6.10 Å². The van der Waals surface area contributed by atoms with Crippen molar-refractivity contribution in [3.05, 3.63) is 0 Å². The van der Waals surface area contributed by atoms with Crippen LogP contribution in [0.1, 0.15) is 39.0 Å². The fourth-order valence-electron chi connectivity index (χ4n) is 4.20. The standard InChI is InChI=1S/C17H33N3O/c1-14-12-20(13-16-4-3-11-21-16)10-7-17(14)18-15-5-8-19(2)9-6-15/h14-18H,3-13H2,1-2H3/t14-,16+,17-/m1/s1. The molecule has 0 aromatic rings. The Morgan fingerprint density at radius 2 is 1.90 bits per heavy atom. The highest BCUT2D eigenvalue weighted by Gasteiger charge is 2.30. The summed E-state index contributed by atoms with van der Waals surface area (Å²) in [7, 11) is 2.24. The molecule has 0 unspecified atom stereocenters. The van der Waals surface area contributed by atoms with Gasteiger partial charge in [0.1, 0.15) is 0 Å². The zero-order valence-corrected chi connectivity index (χ0v) is 13.9. The Kier molecular flexibility index (Phi) is 5.54. The predicted molar refractivity (Wildman–Crippen MR) is 86.6 cm³/mol. The van der Waals surface area contributed by atoms with Crippen molar-refractivity contribution in [3.8, 4) is 0 Å². The Balaban J connectivity index is 1.40. The van der Waals surface area contributed by atoms with E-state index in [1.165, 1.54) is 58.3 Å². The highest BCUT2D eigenvalue weighted by atomic mass is 16.5. The molecule has 3 fully saturated rings. The second kappa shape index (κ2) is 7.40. The van der Waals surface area contributed by atoms with Crippen molar-refractivity contribution in [2.24, 2.45) is 5.92 Å². The van der Waals surface area contributed by atoms with Crippen LogP contribution in [0, 0.1) is 5.92 Å². The van der Waals surface area contributed by atoms with E-state index in [9.17, 15) is 0 Å². The fourth-order valence-corrected chi connectivity index (χ4v) is 4.20. The average Bonchev–Trinajstić information content (AvgIpc) is 2.97. The van der Waals surface area contributed by atoms with E-state index >= 15 is 0 Å². The van der Waals surface area contributed by atoms with Crippen molar-refractivity contribution >= 4 is 0 Å². The third-order valence-electron chi connectivity index (χ3n) is 5.64. The highest BCUT2D eigenvalue weighted by molar-refractivity contribution is 4.88. The molecule has 3 atom stereocenters. The molecule has 3 heterocycles. The molecule has 0 spiro atoms.